The van der Waals surface area contributed by atoms with Crippen LogP contribution in [-0.2, 0) is 4.79 Å². The molecule has 0 bridgehead atoms. The number of likely N-dealkylation sites (tertiary alicyclic amines) is 1. The van der Waals surface area contributed by atoms with Gasteiger partial charge in [-0.1, -0.05) is 29.8 Å². The highest BCUT2D eigenvalue weighted by Gasteiger charge is 2.34. The first-order valence-corrected chi connectivity index (χ1v) is 6.52. The summed E-state index contributed by atoms with van der Waals surface area (Å²) in [5.41, 5.74) is 12.3. The minimum atomic E-state index is -0.280. The van der Waals surface area contributed by atoms with Crippen LogP contribution >= 0.6 is 11.6 Å². The topological polar surface area (TPSA) is 72.3 Å². The van der Waals surface area contributed by atoms with Crippen LogP contribution in [0.1, 0.15) is 24.4 Å². The Balaban J connectivity index is 2.29. The number of halogens is 1. The van der Waals surface area contributed by atoms with Gasteiger partial charge in [-0.2, -0.15) is 0 Å². The molecule has 1 aliphatic rings. The van der Waals surface area contributed by atoms with E-state index in [1.807, 2.05) is 24.3 Å². The molecule has 18 heavy (non-hydrogen) atoms. The van der Waals surface area contributed by atoms with Crippen molar-refractivity contribution in [1.82, 2.24) is 4.90 Å². The largest absolute Gasteiger partial charge is 0.368 e. The van der Waals surface area contributed by atoms with E-state index < -0.39 is 0 Å². The molecule has 5 heteroatoms. The second-order valence-electron chi connectivity index (χ2n) is 4.57. The number of primary amides is 1. The smallest absolute Gasteiger partial charge is 0.234 e. The van der Waals surface area contributed by atoms with Crippen LogP contribution in [0, 0.1) is 0 Å². The molecular weight excluding hydrogens is 250 g/mol. The normalized spacial score (nSPS) is 22.0. The molecule has 1 aromatic rings. The fourth-order valence-electron chi connectivity index (χ4n) is 2.65. The number of nitrogens with two attached hydrogens (primary N) is 2. The number of carbonyl (C=O) groups excluding carboxylic acids is 1. The fraction of sp³-hybridized carbons (Fsp3) is 0.462. The predicted molar refractivity (Wildman–Crippen MR) is 72.2 cm³/mol. The average molecular weight is 268 g/mol. The summed E-state index contributed by atoms with van der Waals surface area (Å²) in [6.07, 6.45) is 1.77. The monoisotopic (exact) mass is 267 g/mol. The minimum absolute atomic E-state index is 0.0429. The number of rotatable bonds is 4. The van der Waals surface area contributed by atoms with Gasteiger partial charge in [-0.25, -0.2) is 0 Å². The Bertz CT molecular complexity index is 438. The predicted octanol–water partition coefficient (Wildman–Crippen LogP) is 1.29. The summed E-state index contributed by atoms with van der Waals surface area (Å²) in [6, 6.07) is 7.34. The van der Waals surface area contributed by atoms with E-state index in [-0.39, 0.29) is 18.0 Å². The van der Waals surface area contributed by atoms with Crippen LogP contribution in [0.2, 0.25) is 5.02 Å². The molecule has 1 aromatic carbocycles. The summed E-state index contributed by atoms with van der Waals surface area (Å²) in [5.74, 6) is -0.280. The Hall–Kier alpha value is -1.10. The molecule has 0 radical (unpaired) electrons. The molecule has 2 unspecified atom stereocenters. The summed E-state index contributed by atoms with van der Waals surface area (Å²) in [5, 5.41) is 0.683. The van der Waals surface area contributed by atoms with Crippen molar-refractivity contribution in [1.29, 1.82) is 0 Å². The highest BCUT2D eigenvalue weighted by atomic mass is 35.5. The maximum Gasteiger partial charge on any atom is 0.234 e. The number of nitrogens with zero attached hydrogens (tertiary/aromatic N) is 1. The van der Waals surface area contributed by atoms with E-state index in [4.69, 9.17) is 23.1 Å². The van der Waals surface area contributed by atoms with Gasteiger partial charge in [0.2, 0.25) is 5.91 Å². The lowest BCUT2D eigenvalue weighted by Gasteiger charge is -2.31. The molecule has 4 N–H and O–H groups in total. The minimum Gasteiger partial charge on any atom is -0.368 e. The number of hydrogen-bond donors (Lipinski definition) is 2. The molecule has 1 fully saturated rings. The average Bonchev–Trinajstić information content (AvgIpc) is 2.82. The van der Waals surface area contributed by atoms with Crippen molar-refractivity contribution in [2.75, 3.05) is 13.1 Å². The molecule has 1 aliphatic heterocycles. The van der Waals surface area contributed by atoms with Crippen molar-refractivity contribution in [3.8, 4) is 0 Å². The second-order valence-corrected chi connectivity index (χ2v) is 4.98. The van der Waals surface area contributed by atoms with Crippen LogP contribution < -0.4 is 11.5 Å². The van der Waals surface area contributed by atoms with Gasteiger partial charge in [0.15, 0.2) is 0 Å². The molecular formula is C13H18ClN3O. The first-order chi connectivity index (χ1) is 8.65. The molecule has 1 heterocycles. The molecule has 0 aromatic heterocycles. The molecule has 1 saturated heterocycles. The Morgan fingerprint density at radius 3 is 2.83 bits per heavy atom. The third-order valence-electron chi connectivity index (χ3n) is 3.51. The highest BCUT2D eigenvalue weighted by Crippen LogP contribution is 2.32. The highest BCUT2D eigenvalue weighted by molar-refractivity contribution is 6.31. The third-order valence-corrected chi connectivity index (χ3v) is 3.85. The molecule has 2 rings (SSSR count). The molecule has 98 valence electrons. The second kappa shape index (κ2) is 5.69. The van der Waals surface area contributed by atoms with Gasteiger partial charge in [0.1, 0.15) is 0 Å². The Kier molecular flexibility index (Phi) is 4.22. The molecule has 1 amide bonds. The van der Waals surface area contributed by atoms with Gasteiger partial charge in [0, 0.05) is 17.6 Å². The standard InChI is InChI=1S/C13H18ClN3O/c14-10-5-2-1-4-9(10)12(8-15)17-7-3-6-11(17)13(16)18/h1-2,4-5,11-12H,3,6-8,15H2,(H2,16,18). The van der Waals surface area contributed by atoms with Gasteiger partial charge < -0.3 is 11.5 Å². The van der Waals surface area contributed by atoms with Crippen molar-refractivity contribution in [3.05, 3.63) is 34.9 Å². The third kappa shape index (κ3) is 2.51. The Labute approximate surface area is 112 Å². The zero-order valence-electron chi connectivity index (χ0n) is 10.2. The van der Waals surface area contributed by atoms with Crippen LogP contribution in [0.3, 0.4) is 0 Å². The van der Waals surface area contributed by atoms with Gasteiger partial charge in [0.05, 0.1) is 6.04 Å². The number of benzene rings is 1. The lowest BCUT2D eigenvalue weighted by molar-refractivity contribution is -0.122. The van der Waals surface area contributed by atoms with Gasteiger partial charge >= 0.3 is 0 Å². The summed E-state index contributed by atoms with van der Waals surface area (Å²) >= 11 is 6.21. The number of carbonyl (C=O) groups is 1. The SMILES string of the molecule is NCC(c1ccccc1Cl)N1CCCC1C(N)=O. The number of hydrogen-bond acceptors (Lipinski definition) is 3. The van der Waals surface area contributed by atoms with Crippen molar-refractivity contribution < 1.29 is 4.79 Å². The molecule has 0 saturated carbocycles. The summed E-state index contributed by atoms with van der Waals surface area (Å²) < 4.78 is 0. The molecule has 2 atom stereocenters. The first kappa shape index (κ1) is 13.3. The van der Waals surface area contributed by atoms with Crippen LogP contribution in [0.5, 0.6) is 0 Å². The molecule has 4 nitrogen and oxygen atoms in total. The summed E-state index contributed by atoms with van der Waals surface area (Å²) in [7, 11) is 0. The maximum absolute atomic E-state index is 11.5. The van der Waals surface area contributed by atoms with Crippen LogP contribution in [0.4, 0.5) is 0 Å². The lowest BCUT2D eigenvalue weighted by Crippen LogP contribution is -2.44. The van der Waals surface area contributed by atoms with E-state index in [9.17, 15) is 4.79 Å². The Morgan fingerprint density at radius 2 is 2.22 bits per heavy atom. The van der Waals surface area contributed by atoms with E-state index in [2.05, 4.69) is 4.90 Å². The van der Waals surface area contributed by atoms with Crippen LogP contribution in [0.15, 0.2) is 24.3 Å². The van der Waals surface area contributed by atoms with Gasteiger partial charge in [-0.05, 0) is 31.0 Å². The van der Waals surface area contributed by atoms with Crippen molar-refractivity contribution in [2.24, 2.45) is 11.5 Å². The summed E-state index contributed by atoms with van der Waals surface area (Å²) in [6.45, 7) is 1.26. The van der Waals surface area contributed by atoms with Gasteiger partial charge in [0.25, 0.3) is 0 Å². The zero-order valence-corrected chi connectivity index (χ0v) is 10.9. The van der Waals surface area contributed by atoms with Crippen molar-refractivity contribution in [3.63, 3.8) is 0 Å². The van der Waals surface area contributed by atoms with E-state index in [0.717, 1.165) is 24.9 Å². The van der Waals surface area contributed by atoms with Crippen molar-refractivity contribution >= 4 is 17.5 Å². The van der Waals surface area contributed by atoms with Crippen LogP contribution in [0.25, 0.3) is 0 Å². The summed E-state index contributed by atoms with van der Waals surface area (Å²) in [4.78, 5) is 13.5. The first-order valence-electron chi connectivity index (χ1n) is 6.14. The zero-order chi connectivity index (χ0) is 13.1. The van der Waals surface area contributed by atoms with Gasteiger partial charge in [-0.3, -0.25) is 9.69 Å². The van der Waals surface area contributed by atoms with E-state index in [0.29, 0.717) is 11.6 Å². The Morgan fingerprint density at radius 1 is 1.50 bits per heavy atom. The molecule has 0 aliphatic carbocycles. The van der Waals surface area contributed by atoms with E-state index in [1.54, 1.807) is 0 Å². The number of amides is 1. The molecule has 0 spiro atoms. The lowest BCUT2D eigenvalue weighted by atomic mass is 10.0. The van der Waals surface area contributed by atoms with Gasteiger partial charge in [-0.15, -0.1) is 0 Å². The maximum atomic E-state index is 11.5. The fourth-order valence-corrected chi connectivity index (χ4v) is 2.92. The van der Waals surface area contributed by atoms with Crippen LogP contribution in [-0.4, -0.2) is 29.9 Å². The quantitative estimate of drug-likeness (QED) is 0.863. The van der Waals surface area contributed by atoms with Crippen molar-refractivity contribution in [2.45, 2.75) is 24.9 Å². The van der Waals surface area contributed by atoms with E-state index in [1.165, 1.54) is 0 Å². The van der Waals surface area contributed by atoms with E-state index >= 15 is 0 Å².